The van der Waals surface area contributed by atoms with Gasteiger partial charge in [-0.15, -0.1) is 0 Å². The number of nitrogens with zero attached hydrogens (tertiary/aromatic N) is 1. The number of carbonyl (C=O) groups excluding carboxylic acids is 1. The zero-order valence-electron chi connectivity index (χ0n) is 16.4. The lowest BCUT2D eigenvalue weighted by Gasteiger charge is -2.16. The molecule has 1 aliphatic rings. The van der Waals surface area contributed by atoms with Gasteiger partial charge in [-0.1, -0.05) is 18.2 Å². The SMILES string of the molecule is COc1ccc(C(=CC(N)=O)c2ccc(S(=O)(=O)N3CCCC3)cc2)cc1OC. The van der Waals surface area contributed by atoms with E-state index in [1.807, 2.05) is 0 Å². The molecule has 2 aromatic rings. The van der Waals surface area contributed by atoms with E-state index in [0.29, 0.717) is 41.3 Å². The standard InChI is InChI=1S/C21H24N2O5S/c1-27-19-10-7-16(13-20(19)28-2)18(14-21(22)24)15-5-8-17(9-6-15)29(25,26)23-11-3-4-12-23/h5-10,13-14H,3-4,11-12H2,1-2H3,(H2,22,24). The summed E-state index contributed by atoms with van der Waals surface area (Å²) < 4.78 is 37.5. The van der Waals surface area contributed by atoms with E-state index in [-0.39, 0.29) is 4.90 Å². The molecule has 2 N–H and O–H groups in total. The summed E-state index contributed by atoms with van der Waals surface area (Å²) in [5.41, 5.74) is 7.32. The van der Waals surface area contributed by atoms with Crippen LogP contribution in [-0.4, -0.2) is 45.9 Å². The molecule has 1 aliphatic heterocycles. The van der Waals surface area contributed by atoms with Crippen molar-refractivity contribution in [3.8, 4) is 11.5 Å². The highest BCUT2D eigenvalue weighted by molar-refractivity contribution is 7.89. The van der Waals surface area contributed by atoms with Crippen LogP contribution in [0.3, 0.4) is 0 Å². The van der Waals surface area contributed by atoms with Crippen molar-refractivity contribution < 1.29 is 22.7 Å². The van der Waals surface area contributed by atoms with E-state index in [4.69, 9.17) is 15.2 Å². The third kappa shape index (κ3) is 4.44. The van der Waals surface area contributed by atoms with Gasteiger partial charge in [-0.25, -0.2) is 8.42 Å². The number of primary amides is 1. The van der Waals surface area contributed by atoms with Gasteiger partial charge in [0.05, 0.1) is 19.1 Å². The molecule has 154 valence electrons. The van der Waals surface area contributed by atoms with Crippen LogP contribution in [-0.2, 0) is 14.8 Å². The number of ether oxygens (including phenoxy) is 2. The summed E-state index contributed by atoms with van der Waals surface area (Å²) in [7, 11) is -0.439. The molecule has 0 radical (unpaired) electrons. The molecule has 1 amide bonds. The Morgan fingerprint density at radius 2 is 1.55 bits per heavy atom. The number of benzene rings is 2. The van der Waals surface area contributed by atoms with Crippen LogP contribution in [0.15, 0.2) is 53.4 Å². The molecule has 0 saturated carbocycles. The van der Waals surface area contributed by atoms with Crippen LogP contribution in [0.25, 0.3) is 5.57 Å². The van der Waals surface area contributed by atoms with Gasteiger partial charge >= 0.3 is 0 Å². The lowest BCUT2D eigenvalue weighted by molar-refractivity contribution is -0.113. The average Bonchev–Trinajstić information content (AvgIpc) is 3.27. The van der Waals surface area contributed by atoms with Gasteiger partial charge in [0.1, 0.15) is 0 Å². The van der Waals surface area contributed by atoms with Crippen molar-refractivity contribution in [2.75, 3.05) is 27.3 Å². The molecule has 0 atom stereocenters. The highest BCUT2D eigenvalue weighted by atomic mass is 32.2. The predicted molar refractivity (Wildman–Crippen MR) is 110 cm³/mol. The first-order chi connectivity index (χ1) is 13.9. The van der Waals surface area contributed by atoms with Gasteiger partial charge in [0, 0.05) is 19.2 Å². The fourth-order valence-corrected chi connectivity index (χ4v) is 4.88. The van der Waals surface area contributed by atoms with Crippen LogP contribution >= 0.6 is 0 Å². The van der Waals surface area contributed by atoms with Gasteiger partial charge in [0.25, 0.3) is 0 Å². The Morgan fingerprint density at radius 3 is 2.10 bits per heavy atom. The Hall–Kier alpha value is -2.84. The van der Waals surface area contributed by atoms with Gasteiger partial charge in [-0.05, 0) is 53.8 Å². The number of amides is 1. The zero-order valence-corrected chi connectivity index (χ0v) is 17.2. The molecule has 0 bridgehead atoms. The lowest BCUT2D eigenvalue weighted by atomic mass is 9.97. The Balaban J connectivity index is 2.00. The van der Waals surface area contributed by atoms with Crippen LogP contribution < -0.4 is 15.2 Å². The fraction of sp³-hybridized carbons (Fsp3) is 0.286. The molecule has 2 aromatic carbocycles. The minimum absolute atomic E-state index is 0.230. The van der Waals surface area contributed by atoms with Crippen molar-refractivity contribution in [1.29, 1.82) is 0 Å². The van der Waals surface area contributed by atoms with Crippen molar-refractivity contribution in [2.45, 2.75) is 17.7 Å². The predicted octanol–water partition coefficient (Wildman–Crippen LogP) is 2.41. The van der Waals surface area contributed by atoms with Crippen LogP contribution in [0.4, 0.5) is 0 Å². The van der Waals surface area contributed by atoms with Crippen molar-refractivity contribution in [2.24, 2.45) is 5.73 Å². The van der Waals surface area contributed by atoms with E-state index in [9.17, 15) is 13.2 Å². The van der Waals surface area contributed by atoms with E-state index in [0.717, 1.165) is 12.8 Å². The van der Waals surface area contributed by atoms with Gasteiger partial charge in [-0.3, -0.25) is 4.79 Å². The van der Waals surface area contributed by atoms with E-state index in [1.165, 1.54) is 24.6 Å². The highest BCUT2D eigenvalue weighted by Crippen LogP contribution is 2.33. The molecule has 0 aliphatic carbocycles. The molecule has 29 heavy (non-hydrogen) atoms. The number of sulfonamides is 1. The molecule has 1 fully saturated rings. The second-order valence-electron chi connectivity index (χ2n) is 6.67. The maximum atomic E-state index is 12.7. The molecular formula is C21H24N2O5S. The molecule has 3 rings (SSSR count). The maximum Gasteiger partial charge on any atom is 0.243 e. The number of methoxy groups -OCH3 is 2. The first-order valence-electron chi connectivity index (χ1n) is 9.21. The fourth-order valence-electron chi connectivity index (χ4n) is 3.36. The molecule has 1 saturated heterocycles. The van der Waals surface area contributed by atoms with E-state index >= 15 is 0 Å². The molecular weight excluding hydrogens is 392 g/mol. The summed E-state index contributed by atoms with van der Waals surface area (Å²) in [6.07, 6.45) is 3.06. The minimum Gasteiger partial charge on any atom is -0.493 e. The number of hydrogen-bond donors (Lipinski definition) is 1. The van der Waals surface area contributed by atoms with Crippen molar-refractivity contribution in [3.05, 3.63) is 59.7 Å². The summed E-state index contributed by atoms with van der Waals surface area (Å²) >= 11 is 0. The number of hydrogen-bond acceptors (Lipinski definition) is 5. The topological polar surface area (TPSA) is 98.9 Å². The van der Waals surface area contributed by atoms with Crippen molar-refractivity contribution >= 4 is 21.5 Å². The number of nitrogens with two attached hydrogens (primary N) is 1. The van der Waals surface area contributed by atoms with Crippen LogP contribution in [0, 0.1) is 0 Å². The van der Waals surface area contributed by atoms with Gasteiger partial charge in [0.15, 0.2) is 11.5 Å². The van der Waals surface area contributed by atoms with E-state index in [1.54, 1.807) is 42.5 Å². The van der Waals surface area contributed by atoms with E-state index in [2.05, 4.69) is 0 Å². The largest absolute Gasteiger partial charge is 0.493 e. The second-order valence-corrected chi connectivity index (χ2v) is 8.60. The van der Waals surface area contributed by atoms with E-state index < -0.39 is 15.9 Å². The molecule has 8 heteroatoms. The minimum atomic E-state index is -3.50. The normalized spacial score (nSPS) is 15.3. The van der Waals surface area contributed by atoms with Crippen molar-refractivity contribution in [1.82, 2.24) is 4.31 Å². The number of carbonyl (C=O) groups is 1. The van der Waals surface area contributed by atoms with Gasteiger partial charge < -0.3 is 15.2 Å². The van der Waals surface area contributed by atoms with Crippen LogP contribution in [0.1, 0.15) is 24.0 Å². The van der Waals surface area contributed by atoms with Crippen molar-refractivity contribution in [3.63, 3.8) is 0 Å². The quantitative estimate of drug-likeness (QED) is 0.699. The van der Waals surface area contributed by atoms with Gasteiger partial charge in [-0.2, -0.15) is 4.31 Å². The van der Waals surface area contributed by atoms with Crippen LogP contribution in [0.2, 0.25) is 0 Å². The summed E-state index contributed by atoms with van der Waals surface area (Å²) in [6.45, 7) is 1.09. The Labute approximate surface area is 170 Å². The Morgan fingerprint density at radius 1 is 0.966 bits per heavy atom. The molecule has 0 spiro atoms. The first kappa shape index (κ1) is 20.9. The first-order valence-corrected chi connectivity index (χ1v) is 10.6. The van der Waals surface area contributed by atoms with Crippen LogP contribution in [0.5, 0.6) is 11.5 Å². The monoisotopic (exact) mass is 416 g/mol. The average molecular weight is 416 g/mol. The maximum absolute atomic E-state index is 12.7. The lowest BCUT2D eigenvalue weighted by Crippen LogP contribution is -2.27. The molecule has 0 aromatic heterocycles. The summed E-state index contributed by atoms with van der Waals surface area (Å²) in [6, 6.07) is 11.7. The molecule has 7 nitrogen and oxygen atoms in total. The Bertz CT molecular complexity index is 1020. The summed E-state index contributed by atoms with van der Waals surface area (Å²) in [5.74, 6) is 0.457. The molecule has 0 unspecified atom stereocenters. The smallest absolute Gasteiger partial charge is 0.243 e. The van der Waals surface area contributed by atoms with Gasteiger partial charge in [0.2, 0.25) is 15.9 Å². The summed E-state index contributed by atoms with van der Waals surface area (Å²) in [4.78, 5) is 11.9. The zero-order chi connectivity index (χ0) is 21.0. The second kappa shape index (κ2) is 8.67. The highest BCUT2D eigenvalue weighted by Gasteiger charge is 2.27. The third-order valence-electron chi connectivity index (χ3n) is 4.85. The summed E-state index contributed by atoms with van der Waals surface area (Å²) in [5, 5.41) is 0. The molecule has 1 heterocycles. The Kier molecular flexibility index (Phi) is 6.24. The number of rotatable bonds is 7. The third-order valence-corrected chi connectivity index (χ3v) is 6.76.